The van der Waals surface area contributed by atoms with Crippen molar-refractivity contribution in [2.75, 3.05) is 20.5 Å². The van der Waals surface area contributed by atoms with Gasteiger partial charge in [-0.2, -0.15) is 9.19 Å². The van der Waals surface area contributed by atoms with E-state index in [1.165, 1.54) is 14.2 Å². The molecule has 0 aliphatic rings. The lowest BCUT2D eigenvalue weighted by Gasteiger charge is -2.05. The molecule has 0 bridgehead atoms. The van der Waals surface area contributed by atoms with Crippen molar-refractivity contribution < 1.29 is 22.7 Å². The predicted molar refractivity (Wildman–Crippen MR) is 54.5 cm³/mol. The van der Waals surface area contributed by atoms with Crippen LogP contribution in [0, 0.1) is 0 Å². The van der Waals surface area contributed by atoms with Crippen LogP contribution in [0.5, 0.6) is 0 Å². The maximum atomic E-state index is 11.3. The lowest BCUT2D eigenvalue weighted by molar-refractivity contribution is 0.0595. The zero-order valence-electron chi connectivity index (χ0n) is 9.13. The summed E-state index contributed by atoms with van der Waals surface area (Å²) in [4.78, 5) is 11.3. The standard InChI is InChI=1S/C8H12N2O5S/c1-14-5-7-6(8(11)15-2)4-9-10(7)16(3,12)13/h4H,5H2,1-3H3. The van der Waals surface area contributed by atoms with E-state index in [9.17, 15) is 13.2 Å². The van der Waals surface area contributed by atoms with E-state index in [1.807, 2.05) is 0 Å². The van der Waals surface area contributed by atoms with Crippen molar-refractivity contribution in [3.63, 3.8) is 0 Å². The molecule has 0 amide bonds. The van der Waals surface area contributed by atoms with Crippen LogP contribution in [-0.2, 0) is 26.1 Å². The fraction of sp³-hybridized carbons (Fsp3) is 0.500. The van der Waals surface area contributed by atoms with Gasteiger partial charge in [-0.3, -0.25) is 0 Å². The minimum absolute atomic E-state index is 0.0441. The van der Waals surface area contributed by atoms with Gasteiger partial charge in [0.15, 0.2) is 0 Å². The highest BCUT2D eigenvalue weighted by Gasteiger charge is 2.22. The Morgan fingerprint density at radius 2 is 2.12 bits per heavy atom. The molecule has 90 valence electrons. The summed E-state index contributed by atoms with van der Waals surface area (Å²) in [6.07, 6.45) is 2.13. The van der Waals surface area contributed by atoms with Crippen LogP contribution >= 0.6 is 0 Å². The van der Waals surface area contributed by atoms with E-state index in [0.717, 1.165) is 16.5 Å². The van der Waals surface area contributed by atoms with Gasteiger partial charge in [0.1, 0.15) is 5.56 Å². The van der Waals surface area contributed by atoms with E-state index >= 15 is 0 Å². The molecule has 16 heavy (non-hydrogen) atoms. The van der Waals surface area contributed by atoms with Crippen molar-refractivity contribution in [2.45, 2.75) is 6.61 Å². The van der Waals surface area contributed by atoms with Crippen LogP contribution in [0.4, 0.5) is 0 Å². The summed E-state index contributed by atoms with van der Waals surface area (Å²) in [5.74, 6) is -0.651. The Morgan fingerprint density at radius 1 is 1.50 bits per heavy atom. The van der Waals surface area contributed by atoms with Gasteiger partial charge in [-0.05, 0) is 0 Å². The van der Waals surface area contributed by atoms with Crippen molar-refractivity contribution in [1.82, 2.24) is 9.19 Å². The highest BCUT2D eigenvalue weighted by atomic mass is 32.2. The Balaban J connectivity index is 3.33. The van der Waals surface area contributed by atoms with Crippen LogP contribution < -0.4 is 0 Å². The monoisotopic (exact) mass is 248 g/mol. The third-order valence-corrected chi connectivity index (χ3v) is 2.78. The zero-order chi connectivity index (χ0) is 12.3. The second-order valence-electron chi connectivity index (χ2n) is 3.04. The molecule has 0 N–H and O–H groups in total. The Labute approximate surface area is 93.0 Å². The first-order valence-electron chi connectivity index (χ1n) is 4.26. The molecule has 1 rings (SSSR count). The van der Waals surface area contributed by atoms with Gasteiger partial charge < -0.3 is 9.47 Å². The van der Waals surface area contributed by atoms with Crippen LogP contribution in [0.2, 0.25) is 0 Å². The van der Waals surface area contributed by atoms with Gasteiger partial charge in [0.05, 0.1) is 31.9 Å². The van der Waals surface area contributed by atoms with Crippen molar-refractivity contribution in [3.8, 4) is 0 Å². The summed E-state index contributed by atoms with van der Waals surface area (Å²) in [5.41, 5.74) is 0.228. The van der Waals surface area contributed by atoms with Gasteiger partial charge in [-0.15, -0.1) is 0 Å². The van der Waals surface area contributed by atoms with Crippen LogP contribution in [0.25, 0.3) is 0 Å². The summed E-state index contributed by atoms with van der Waals surface area (Å²) in [6.45, 7) is -0.0441. The third-order valence-electron chi connectivity index (χ3n) is 1.83. The number of hydrogen-bond donors (Lipinski definition) is 0. The Morgan fingerprint density at radius 3 is 2.56 bits per heavy atom. The molecule has 0 unspecified atom stereocenters. The van der Waals surface area contributed by atoms with Crippen LogP contribution in [0.3, 0.4) is 0 Å². The molecule has 0 fully saturated rings. The first-order chi connectivity index (χ1) is 7.41. The third kappa shape index (κ3) is 2.39. The molecule has 1 aromatic heterocycles. The average molecular weight is 248 g/mol. The fourth-order valence-corrected chi connectivity index (χ4v) is 1.96. The lowest BCUT2D eigenvalue weighted by atomic mass is 10.2. The smallest absolute Gasteiger partial charge is 0.341 e. The second-order valence-corrected chi connectivity index (χ2v) is 4.85. The number of hydrogen-bond acceptors (Lipinski definition) is 6. The number of carbonyl (C=O) groups excluding carboxylic acids is 1. The molecule has 8 heteroatoms. The quantitative estimate of drug-likeness (QED) is 0.675. The van der Waals surface area contributed by atoms with Crippen molar-refractivity contribution in [2.24, 2.45) is 0 Å². The van der Waals surface area contributed by atoms with Gasteiger partial charge in [-0.1, -0.05) is 0 Å². The summed E-state index contributed by atoms with van der Waals surface area (Å²) in [7, 11) is -0.964. The summed E-state index contributed by atoms with van der Waals surface area (Å²) in [5, 5.41) is 3.62. The summed E-state index contributed by atoms with van der Waals surface area (Å²) < 4.78 is 32.8. The van der Waals surface area contributed by atoms with E-state index in [1.54, 1.807) is 0 Å². The molecular formula is C8H12N2O5S. The molecule has 1 heterocycles. The second kappa shape index (κ2) is 4.62. The number of nitrogens with zero attached hydrogens (tertiary/aromatic N) is 2. The molecule has 7 nitrogen and oxygen atoms in total. The number of ether oxygens (including phenoxy) is 2. The maximum Gasteiger partial charge on any atom is 0.341 e. The number of methoxy groups -OCH3 is 2. The topological polar surface area (TPSA) is 87.5 Å². The SMILES string of the molecule is COCc1c(C(=O)OC)cnn1S(C)(=O)=O. The van der Waals surface area contributed by atoms with Gasteiger partial charge in [0.2, 0.25) is 0 Å². The van der Waals surface area contributed by atoms with Gasteiger partial charge in [0, 0.05) is 7.11 Å². The number of aromatic nitrogens is 2. The fourth-order valence-electron chi connectivity index (χ4n) is 1.19. The molecule has 0 saturated carbocycles. The first kappa shape index (κ1) is 12.7. The number of rotatable bonds is 4. The maximum absolute atomic E-state index is 11.3. The van der Waals surface area contributed by atoms with Crippen LogP contribution in [0.1, 0.15) is 16.1 Å². The minimum Gasteiger partial charge on any atom is -0.465 e. The molecule has 0 spiro atoms. The van der Waals surface area contributed by atoms with E-state index in [-0.39, 0.29) is 17.9 Å². The van der Waals surface area contributed by atoms with E-state index < -0.39 is 16.0 Å². The molecule has 0 saturated heterocycles. The number of carbonyl (C=O) groups is 1. The van der Waals surface area contributed by atoms with Gasteiger partial charge in [-0.25, -0.2) is 13.2 Å². The molecule has 0 aliphatic heterocycles. The molecule has 0 radical (unpaired) electrons. The Kier molecular flexibility index (Phi) is 3.66. The van der Waals surface area contributed by atoms with Crippen LogP contribution in [0.15, 0.2) is 6.20 Å². The Hall–Kier alpha value is -1.41. The number of esters is 1. The zero-order valence-corrected chi connectivity index (χ0v) is 9.94. The van der Waals surface area contributed by atoms with Gasteiger partial charge >= 0.3 is 5.97 Å². The summed E-state index contributed by atoms with van der Waals surface area (Å²) in [6, 6.07) is 0. The molecule has 0 atom stereocenters. The van der Waals surface area contributed by atoms with Crippen molar-refractivity contribution >= 4 is 16.0 Å². The predicted octanol–water partition coefficient (Wildman–Crippen LogP) is -0.376. The van der Waals surface area contributed by atoms with E-state index in [2.05, 4.69) is 9.84 Å². The molecule has 0 aromatic carbocycles. The van der Waals surface area contributed by atoms with Crippen LogP contribution in [-0.4, -0.2) is 44.0 Å². The largest absolute Gasteiger partial charge is 0.465 e. The van der Waals surface area contributed by atoms with E-state index in [4.69, 9.17) is 4.74 Å². The van der Waals surface area contributed by atoms with E-state index in [0.29, 0.717) is 0 Å². The lowest BCUT2D eigenvalue weighted by Crippen LogP contribution is -2.17. The molecule has 1 aromatic rings. The van der Waals surface area contributed by atoms with Gasteiger partial charge in [0.25, 0.3) is 10.0 Å². The molecule has 0 aliphatic carbocycles. The minimum atomic E-state index is -3.56. The van der Waals surface area contributed by atoms with Crippen molar-refractivity contribution in [1.29, 1.82) is 0 Å². The molecular weight excluding hydrogens is 236 g/mol. The average Bonchev–Trinajstić information content (AvgIpc) is 2.60. The Bertz CT molecular complexity index is 491. The highest BCUT2D eigenvalue weighted by molar-refractivity contribution is 7.89. The van der Waals surface area contributed by atoms with Crippen molar-refractivity contribution in [3.05, 3.63) is 17.5 Å². The first-order valence-corrected chi connectivity index (χ1v) is 6.11. The summed E-state index contributed by atoms with van der Waals surface area (Å²) >= 11 is 0. The normalized spacial score (nSPS) is 11.4. The highest BCUT2D eigenvalue weighted by Crippen LogP contribution is 2.13.